The number of aromatic nitrogens is 2. The van der Waals surface area contributed by atoms with Crippen LogP contribution in [0.3, 0.4) is 0 Å². The van der Waals surface area contributed by atoms with Crippen LogP contribution in [0.15, 0.2) is 18.6 Å². The van der Waals surface area contributed by atoms with Crippen LogP contribution in [-0.2, 0) is 9.47 Å². The van der Waals surface area contributed by atoms with Gasteiger partial charge in [-0.25, -0.2) is 14.8 Å². The van der Waals surface area contributed by atoms with Gasteiger partial charge in [0.05, 0.1) is 23.0 Å². The van der Waals surface area contributed by atoms with E-state index in [4.69, 9.17) is 21.1 Å². The zero-order valence-corrected chi connectivity index (χ0v) is 21.8. The lowest BCUT2D eigenvalue weighted by molar-refractivity contribution is -0.0623. The predicted octanol–water partition coefficient (Wildman–Crippen LogP) is 4.31. The number of fused-ring (bicyclic) bond motifs is 1. The third-order valence-electron chi connectivity index (χ3n) is 7.16. The molecule has 5 rings (SSSR count). The molecule has 0 saturated carbocycles. The first-order valence-electron chi connectivity index (χ1n) is 12.1. The highest BCUT2D eigenvalue weighted by molar-refractivity contribution is 7.19. The van der Waals surface area contributed by atoms with Crippen LogP contribution in [0.25, 0.3) is 10.2 Å². The van der Waals surface area contributed by atoms with Crippen LogP contribution in [0, 0.1) is 5.41 Å². The zero-order valence-electron chi connectivity index (χ0n) is 20.2. The number of morpholine rings is 1. The van der Waals surface area contributed by atoms with Crippen molar-refractivity contribution in [1.29, 1.82) is 0 Å². The maximum Gasteiger partial charge on any atom is 0.410 e. The maximum atomic E-state index is 12.6. The van der Waals surface area contributed by atoms with Crippen molar-refractivity contribution >= 4 is 39.2 Å². The lowest BCUT2D eigenvalue weighted by Gasteiger charge is -2.47. The third kappa shape index (κ3) is 5.18. The van der Waals surface area contributed by atoms with E-state index in [1.165, 1.54) is 4.88 Å². The van der Waals surface area contributed by atoms with Gasteiger partial charge in [0.1, 0.15) is 17.5 Å². The normalized spacial score (nSPS) is 25.2. The van der Waals surface area contributed by atoms with Gasteiger partial charge in [-0.3, -0.25) is 9.80 Å². The Balaban J connectivity index is 1.31. The summed E-state index contributed by atoms with van der Waals surface area (Å²) in [5.41, 5.74) is 0.423. The molecule has 2 aromatic rings. The van der Waals surface area contributed by atoms with Crippen molar-refractivity contribution in [2.75, 3.05) is 45.9 Å². The molecule has 2 atom stereocenters. The summed E-state index contributed by atoms with van der Waals surface area (Å²) in [6, 6.07) is 2.20. The van der Waals surface area contributed by atoms with Crippen LogP contribution in [-0.4, -0.2) is 87.8 Å². The molecule has 2 aromatic heterocycles. The van der Waals surface area contributed by atoms with Crippen LogP contribution in [0.5, 0.6) is 0 Å². The first-order chi connectivity index (χ1) is 16.2. The first kappa shape index (κ1) is 24.2. The molecule has 0 aromatic carbocycles. The molecular weight excluding hydrogens is 474 g/mol. The Morgan fingerprint density at radius 1 is 1.24 bits per heavy atom. The van der Waals surface area contributed by atoms with E-state index in [1.807, 2.05) is 31.9 Å². The third-order valence-corrected chi connectivity index (χ3v) is 8.53. The first-order valence-corrected chi connectivity index (χ1v) is 13.4. The number of thiophene rings is 1. The van der Waals surface area contributed by atoms with Gasteiger partial charge in [-0.15, -0.1) is 11.3 Å². The SMILES string of the molecule is CC(C)(C)OC(=O)N1CCC2(CCN(C(c3cc4ncncc4s3)N3CCOC(Cl)C3)CC2)C1. The molecule has 3 aliphatic heterocycles. The Kier molecular flexibility index (Phi) is 6.76. The Morgan fingerprint density at radius 2 is 2.00 bits per heavy atom. The summed E-state index contributed by atoms with van der Waals surface area (Å²) >= 11 is 8.17. The summed E-state index contributed by atoms with van der Waals surface area (Å²) in [4.78, 5) is 29.5. The lowest BCUT2D eigenvalue weighted by Crippen LogP contribution is -2.51. The molecule has 1 amide bonds. The molecule has 0 aliphatic carbocycles. The van der Waals surface area contributed by atoms with Crippen molar-refractivity contribution in [3.05, 3.63) is 23.5 Å². The number of carbonyl (C=O) groups excluding carboxylic acids is 1. The summed E-state index contributed by atoms with van der Waals surface area (Å²) in [6.07, 6.45) is 6.65. The molecule has 3 saturated heterocycles. The molecule has 3 aliphatic rings. The van der Waals surface area contributed by atoms with Crippen LogP contribution in [0.4, 0.5) is 4.79 Å². The predicted molar refractivity (Wildman–Crippen MR) is 133 cm³/mol. The monoisotopic (exact) mass is 507 g/mol. The summed E-state index contributed by atoms with van der Waals surface area (Å²) in [7, 11) is 0. The maximum absolute atomic E-state index is 12.6. The smallest absolute Gasteiger partial charge is 0.410 e. The number of likely N-dealkylation sites (tertiary alicyclic amines) is 2. The molecule has 3 fully saturated rings. The molecule has 186 valence electrons. The molecule has 2 unspecified atom stereocenters. The van der Waals surface area contributed by atoms with Crippen molar-refractivity contribution in [3.63, 3.8) is 0 Å². The van der Waals surface area contributed by atoms with Crippen molar-refractivity contribution in [2.45, 2.75) is 57.4 Å². The van der Waals surface area contributed by atoms with E-state index in [0.29, 0.717) is 13.2 Å². The molecule has 10 heteroatoms. The topological polar surface area (TPSA) is 71.0 Å². The average Bonchev–Trinajstić information content (AvgIpc) is 3.39. The van der Waals surface area contributed by atoms with Crippen LogP contribution < -0.4 is 0 Å². The molecule has 0 radical (unpaired) electrons. The quantitative estimate of drug-likeness (QED) is 0.573. The second-order valence-electron chi connectivity index (χ2n) is 10.8. The van der Waals surface area contributed by atoms with Crippen molar-refractivity contribution in [3.8, 4) is 0 Å². The number of rotatable bonds is 3. The highest BCUT2D eigenvalue weighted by Gasteiger charge is 2.45. The highest BCUT2D eigenvalue weighted by Crippen LogP contribution is 2.44. The largest absolute Gasteiger partial charge is 0.444 e. The molecule has 0 bridgehead atoms. The Morgan fingerprint density at radius 3 is 2.71 bits per heavy atom. The number of ether oxygens (including phenoxy) is 2. The standard InChI is InChI=1S/C24H34ClN5O3S/c1-23(2,3)33-22(31)30-9-6-24(15-30)4-7-28(8-5-24)21(29-10-11-32-20(25)14-29)18-12-17-19(34-18)13-26-16-27-17/h12-13,16,20-21H,4-11,14-15H2,1-3H3. The van der Waals surface area contributed by atoms with Crippen molar-refractivity contribution in [1.82, 2.24) is 24.7 Å². The fourth-order valence-corrected chi connectivity index (χ4v) is 6.86. The minimum Gasteiger partial charge on any atom is -0.444 e. The van der Waals surface area contributed by atoms with E-state index < -0.39 is 5.60 Å². The van der Waals surface area contributed by atoms with Crippen molar-refractivity contribution in [2.24, 2.45) is 5.41 Å². The number of nitrogens with zero attached hydrogens (tertiary/aromatic N) is 5. The number of amides is 1. The molecule has 34 heavy (non-hydrogen) atoms. The molecule has 1 spiro atoms. The number of piperidine rings is 1. The molecular formula is C24H34ClN5O3S. The fourth-order valence-electron chi connectivity index (χ4n) is 5.44. The number of hydrogen-bond acceptors (Lipinski definition) is 8. The van der Waals surface area contributed by atoms with Crippen LogP contribution in [0.2, 0.25) is 0 Å². The van der Waals surface area contributed by atoms with Gasteiger partial charge < -0.3 is 14.4 Å². The minimum absolute atomic E-state index is 0.144. The van der Waals surface area contributed by atoms with E-state index in [2.05, 4.69) is 25.8 Å². The highest BCUT2D eigenvalue weighted by atomic mass is 35.5. The fraction of sp³-hybridized carbons (Fsp3) is 0.708. The second-order valence-corrected chi connectivity index (χ2v) is 12.4. The Labute approximate surface area is 210 Å². The van der Waals surface area contributed by atoms with Gasteiger partial charge in [0, 0.05) is 50.3 Å². The van der Waals surface area contributed by atoms with Crippen LogP contribution >= 0.6 is 22.9 Å². The summed E-state index contributed by atoms with van der Waals surface area (Å²) < 4.78 is 12.4. The van der Waals surface area contributed by atoms with Gasteiger partial charge in [0.2, 0.25) is 0 Å². The van der Waals surface area contributed by atoms with E-state index in [-0.39, 0.29) is 23.2 Å². The van der Waals surface area contributed by atoms with E-state index in [0.717, 1.165) is 62.2 Å². The minimum atomic E-state index is -0.462. The Bertz CT molecular complexity index is 986. The van der Waals surface area contributed by atoms with Crippen LogP contribution in [0.1, 0.15) is 51.1 Å². The second kappa shape index (κ2) is 9.50. The molecule has 5 heterocycles. The zero-order chi connectivity index (χ0) is 23.9. The molecule has 0 N–H and O–H groups in total. The number of carbonyl (C=O) groups is 1. The summed E-state index contributed by atoms with van der Waals surface area (Å²) in [5, 5.41) is 0. The van der Waals surface area contributed by atoms with E-state index in [1.54, 1.807) is 17.7 Å². The van der Waals surface area contributed by atoms with Gasteiger partial charge >= 0.3 is 6.09 Å². The van der Waals surface area contributed by atoms with Gasteiger partial charge in [-0.1, -0.05) is 11.6 Å². The average molecular weight is 508 g/mol. The van der Waals surface area contributed by atoms with Crippen molar-refractivity contribution < 1.29 is 14.3 Å². The van der Waals surface area contributed by atoms with Gasteiger partial charge in [-0.05, 0) is 51.5 Å². The lowest BCUT2D eigenvalue weighted by atomic mass is 9.77. The number of alkyl halides is 1. The number of halogens is 1. The van der Waals surface area contributed by atoms with Gasteiger partial charge in [0.15, 0.2) is 0 Å². The van der Waals surface area contributed by atoms with Gasteiger partial charge in [-0.2, -0.15) is 0 Å². The summed E-state index contributed by atoms with van der Waals surface area (Å²) in [6.45, 7) is 11.5. The summed E-state index contributed by atoms with van der Waals surface area (Å²) in [5.74, 6) is 0. The molecule has 8 nitrogen and oxygen atoms in total. The van der Waals surface area contributed by atoms with E-state index >= 15 is 0 Å². The Hall–Kier alpha value is -1.52. The number of hydrogen-bond donors (Lipinski definition) is 0. The van der Waals surface area contributed by atoms with E-state index in [9.17, 15) is 4.79 Å². The van der Waals surface area contributed by atoms with Gasteiger partial charge in [0.25, 0.3) is 0 Å².